The van der Waals surface area contributed by atoms with E-state index in [0.717, 1.165) is 40.9 Å². The van der Waals surface area contributed by atoms with Crippen LogP contribution in [0.3, 0.4) is 0 Å². The van der Waals surface area contributed by atoms with Crippen LogP contribution in [0.2, 0.25) is 5.02 Å². The maximum absolute atomic E-state index is 14.0. The molecule has 0 spiro atoms. The van der Waals surface area contributed by atoms with E-state index in [0.29, 0.717) is 40.8 Å². The molecule has 0 amide bonds. The summed E-state index contributed by atoms with van der Waals surface area (Å²) in [5.41, 5.74) is 4.86. The minimum Gasteiger partial charge on any atom is -0.339 e. The molecule has 0 aliphatic heterocycles. The lowest BCUT2D eigenvalue weighted by Gasteiger charge is -2.16. The van der Waals surface area contributed by atoms with Gasteiger partial charge >= 0.3 is 5.76 Å². The number of aryl methyl sites for hydroxylation is 2. The first-order valence-corrected chi connectivity index (χ1v) is 14.6. The number of hydrogen-bond donors (Lipinski definition) is 1. The molecule has 222 valence electrons. The average Bonchev–Trinajstić information content (AvgIpc) is 3.69. The Kier molecular flexibility index (Phi) is 8.29. The van der Waals surface area contributed by atoms with Gasteiger partial charge in [0.1, 0.15) is 11.5 Å². The number of pyridine rings is 1. The highest BCUT2D eigenvalue weighted by Crippen LogP contribution is 2.30. The molecule has 6 rings (SSSR count). The zero-order chi connectivity index (χ0) is 30.6. The molecule has 4 heterocycles. The Balaban J connectivity index is 1.30. The van der Waals surface area contributed by atoms with Crippen LogP contribution < -0.4 is 11.3 Å². The van der Waals surface area contributed by atoms with E-state index < -0.39 is 5.76 Å². The summed E-state index contributed by atoms with van der Waals surface area (Å²) in [6.07, 6.45) is 4.29. The molecule has 0 atom stereocenters. The van der Waals surface area contributed by atoms with Crippen molar-refractivity contribution < 1.29 is 9.05 Å². The predicted molar refractivity (Wildman–Crippen MR) is 164 cm³/mol. The molecule has 11 nitrogen and oxygen atoms in total. The quantitative estimate of drug-likeness (QED) is 0.208. The molecule has 0 aliphatic rings. The third kappa shape index (κ3) is 6.00. The van der Waals surface area contributed by atoms with Gasteiger partial charge in [0.05, 0.1) is 18.0 Å². The van der Waals surface area contributed by atoms with Gasteiger partial charge < -0.3 is 4.52 Å². The van der Waals surface area contributed by atoms with Gasteiger partial charge in [-0.05, 0) is 42.2 Å². The molecular weight excluding hydrogens is 582 g/mol. The first-order chi connectivity index (χ1) is 21.4. The van der Waals surface area contributed by atoms with Crippen molar-refractivity contribution in [1.82, 2.24) is 34.8 Å². The van der Waals surface area contributed by atoms with Gasteiger partial charge in [-0.15, -0.1) is 0 Å². The third-order valence-corrected chi connectivity index (χ3v) is 7.60. The van der Waals surface area contributed by atoms with Gasteiger partial charge in [0.25, 0.3) is 5.56 Å². The Labute approximate surface area is 256 Å². The summed E-state index contributed by atoms with van der Waals surface area (Å²) in [5, 5.41) is 8.27. The number of aromatic amines is 1. The molecule has 0 saturated carbocycles. The second-order valence-electron chi connectivity index (χ2n) is 10.3. The van der Waals surface area contributed by atoms with Gasteiger partial charge in [-0.25, -0.2) is 9.78 Å². The highest BCUT2D eigenvalue weighted by atomic mass is 35.5. The largest absolute Gasteiger partial charge is 0.439 e. The molecule has 44 heavy (non-hydrogen) atoms. The van der Waals surface area contributed by atoms with E-state index in [9.17, 15) is 9.59 Å². The first-order valence-electron chi connectivity index (χ1n) is 14.2. The number of benzene rings is 2. The van der Waals surface area contributed by atoms with E-state index in [4.69, 9.17) is 25.6 Å². The van der Waals surface area contributed by atoms with Crippen LogP contribution in [0.15, 0.2) is 85.5 Å². The lowest BCUT2D eigenvalue weighted by molar-refractivity contribution is 0.384. The average molecular weight is 610 g/mol. The van der Waals surface area contributed by atoms with Gasteiger partial charge in [0.15, 0.2) is 5.82 Å². The third-order valence-electron chi connectivity index (χ3n) is 7.30. The number of hydrogen-bond acceptors (Lipinski definition) is 9. The molecule has 2 aromatic carbocycles. The Morgan fingerprint density at radius 3 is 2.45 bits per heavy atom. The molecular formula is C32H28ClN7O4. The second-order valence-corrected chi connectivity index (χ2v) is 10.7. The van der Waals surface area contributed by atoms with Crippen molar-refractivity contribution in [2.75, 3.05) is 0 Å². The molecule has 1 N–H and O–H groups in total. The molecule has 0 fully saturated rings. The van der Waals surface area contributed by atoms with Crippen LogP contribution in [-0.4, -0.2) is 34.8 Å². The standard InChI is InChI=1S/C32H28ClN7O4/c1-3-4-11-26-35-19(2)24(17-27-36-30(39-43-27)28-25(33)10-7-16-34-28)31(41)40(26)18-20-12-14-21(15-13-20)22-8-5-6-9-23(22)29-37-32(42)44-38-29/h5-10,12-16H,3-4,11,17-18H2,1-2H3,(H,37,38,42). The number of nitrogens with one attached hydrogen (secondary N) is 1. The van der Waals surface area contributed by atoms with Crippen molar-refractivity contribution in [3.8, 4) is 34.0 Å². The first kappa shape index (κ1) is 28.9. The summed E-state index contributed by atoms with van der Waals surface area (Å²) in [4.78, 5) is 41.6. The van der Waals surface area contributed by atoms with Crippen molar-refractivity contribution in [2.24, 2.45) is 0 Å². The summed E-state index contributed by atoms with van der Waals surface area (Å²) in [5.74, 6) is 1.00. The Bertz CT molecular complexity index is 2040. The number of H-pyrrole nitrogens is 1. The van der Waals surface area contributed by atoms with Crippen LogP contribution in [0.5, 0.6) is 0 Å². The minimum atomic E-state index is -0.613. The lowest BCUT2D eigenvalue weighted by atomic mass is 9.98. The van der Waals surface area contributed by atoms with E-state index in [1.807, 2.05) is 55.5 Å². The minimum absolute atomic E-state index is 0.128. The van der Waals surface area contributed by atoms with Crippen LogP contribution in [0.25, 0.3) is 34.0 Å². The predicted octanol–water partition coefficient (Wildman–Crippen LogP) is 5.64. The van der Waals surface area contributed by atoms with Crippen LogP contribution in [0, 0.1) is 6.92 Å². The smallest absolute Gasteiger partial charge is 0.339 e. The number of halogens is 1. The van der Waals surface area contributed by atoms with E-state index in [1.165, 1.54) is 0 Å². The molecule has 0 aliphatic carbocycles. The number of nitrogens with zero attached hydrogens (tertiary/aromatic N) is 6. The fourth-order valence-electron chi connectivity index (χ4n) is 5.03. The summed E-state index contributed by atoms with van der Waals surface area (Å²) >= 11 is 6.25. The van der Waals surface area contributed by atoms with Crippen LogP contribution >= 0.6 is 11.6 Å². The highest BCUT2D eigenvalue weighted by molar-refractivity contribution is 6.32. The molecule has 12 heteroatoms. The van der Waals surface area contributed by atoms with Gasteiger partial charge in [0, 0.05) is 29.4 Å². The summed E-state index contributed by atoms with van der Waals surface area (Å²) in [7, 11) is 0. The van der Waals surface area contributed by atoms with Crippen molar-refractivity contribution in [2.45, 2.75) is 46.1 Å². The highest BCUT2D eigenvalue weighted by Gasteiger charge is 2.20. The van der Waals surface area contributed by atoms with Crippen molar-refractivity contribution in [1.29, 1.82) is 0 Å². The van der Waals surface area contributed by atoms with E-state index in [1.54, 1.807) is 22.9 Å². The van der Waals surface area contributed by atoms with E-state index >= 15 is 0 Å². The molecule has 0 bridgehead atoms. The molecule has 0 saturated heterocycles. The van der Waals surface area contributed by atoms with Crippen LogP contribution in [-0.2, 0) is 19.4 Å². The number of unbranched alkanes of at least 4 members (excludes halogenated alkanes) is 1. The Hall–Kier alpha value is -5.16. The molecule has 0 radical (unpaired) electrons. The number of rotatable bonds is 10. The Morgan fingerprint density at radius 2 is 1.73 bits per heavy atom. The van der Waals surface area contributed by atoms with Crippen LogP contribution in [0.4, 0.5) is 0 Å². The topological polar surface area (TPSA) is 146 Å². The molecule has 4 aromatic heterocycles. The van der Waals surface area contributed by atoms with Crippen molar-refractivity contribution in [3.05, 3.63) is 121 Å². The zero-order valence-electron chi connectivity index (χ0n) is 24.1. The van der Waals surface area contributed by atoms with E-state index in [2.05, 4.69) is 32.2 Å². The summed E-state index contributed by atoms with van der Waals surface area (Å²) in [6, 6.07) is 18.9. The fraction of sp³-hybridized carbons (Fsp3) is 0.219. The van der Waals surface area contributed by atoms with Gasteiger partial charge in [-0.3, -0.25) is 23.9 Å². The lowest BCUT2D eigenvalue weighted by Crippen LogP contribution is -2.30. The van der Waals surface area contributed by atoms with Gasteiger partial charge in [-0.2, -0.15) is 4.98 Å². The maximum atomic E-state index is 14.0. The normalized spacial score (nSPS) is 11.2. The molecule has 0 unspecified atom stereocenters. The number of aromatic nitrogens is 7. The zero-order valence-corrected chi connectivity index (χ0v) is 24.8. The monoisotopic (exact) mass is 609 g/mol. The van der Waals surface area contributed by atoms with Crippen molar-refractivity contribution >= 4 is 11.6 Å². The second kappa shape index (κ2) is 12.6. The van der Waals surface area contributed by atoms with Crippen molar-refractivity contribution in [3.63, 3.8) is 0 Å². The SMILES string of the molecule is CCCCc1nc(C)c(Cc2nc(-c3ncccc3Cl)no2)c(=O)n1Cc1ccc(-c2ccccc2-c2noc(=O)[nH]2)cc1. The van der Waals surface area contributed by atoms with Crippen LogP contribution in [0.1, 0.15) is 48.3 Å². The Morgan fingerprint density at radius 1 is 0.932 bits per heavy atom. The van der Waals surface area contributed by atoms with E-state index in [-0.39, 0.29) is 23.7 Å². The molecule has 6 aromatic rings. The summed E-state index contributed by atoms with van der Waals surface area (Å²) in [6.45, 7) is 4.28. The summed E-state index contributed by atoms with van der Waals surface area (Å²) < 4.78 is 11.9. The van der Waals surface area contributed by atoms with Gasteiger partial charge in [-0.1, -0.05) is 83.8 Å². The van der Waals surface area contributed by atoms with Gasteiger partial charge in [0.2, 0.25) is 11.7 Å². The maximum Gasteiger partial charge on any atom is 0.439 e. The fourth-order valence-corrected chi connectivity index (χ4v) is 5.24.